The Morgan fingerprint density at radius 3 is 2.65 bits per heavy atom. The van der Waals surface area contributed by atoms with E-state index in [2.05, 4.69) is 4.98 Å². The number of rotatable bonds is 5. The van der Waals surface area contributed by atoms with Gasteiger partial charge in [0.2, 0.25) is 0 Å². The SMILES string of the molecule is CCCCc1c(OP(=O)(O)O)c2ccccc2[nH]c1=O. The molecular formula is C13H16NO5P. The van der Waals surface area contributed by atoms with E-state index < -0.39 is 7.82 Å². The molecule has 0 spiro atoms. The number of hydrogen-bond acceptors (Lipinski definition) is 3. The number of aromatic amines is 1. The first-order valence-electron chi connectivity index (χ1n) is 6.31. The number of aromatic nitrogens is 1. The molecule has 1 aromatic heterocycles. The molecule has 108 valence electrons. The smallest absolute Gasteiger partial charge is 0.403 e. The molecular weight excluding hydrogens is 281 g/mol. The molecule has 1 heterocycles. The summed E-state index contributed by atoms with van der Waals surface area (Å²) < 4.78 is 15.9. The van der Waals surface area contributed by atoms with E-state index in [9.17, 15) is 9.36 Å². The summed E-state index contributed by atoms with van der Waals surface area (Å²) in [4.78, 5) is 32.9. The number of phosphoric acid groups is 1. The molecule has 1 aromatic carbocycles. The summed E-state index contributed by atoms with van der Waals surface area (Å²) in [6.45, 7) is 1.97. The van der Waals surface area contributed by atoms with Crippen molar-refractivity contribution in [1.29, 1.82) is 0 Å². The Morgan fingerprint density at radius 1 is 1.30 bits per heavy atom. The van der Waals surface area contributed by atoms with Crippen LogP contribution in [0.1, 0.15) is 25.3 Å². The van der Waals surface area contributed by atoms with Gasteiger partial charge in [0, 0.05) is 5.39 Å². The highest BCUT2D eigenvalue weighted by molar-refractivity contribution is 7.46. The van der Waals surface area contributed by atoms with Crippen LogP contribution in [0.4, 0.5) is 0 Å². The second kappa shape index (κ2) is 5.79. The summed E-state index contributed by atoms with van der Waals surface area (Å²) in [5.74, 6) is -0.0221. The Balaban J connectivity index is 2.68. The lowest BCUT2D eigenvalue weighted by atomic mass is 10.1. The second-order valence-corrected chi connectivity index (χ2v) is 5.66. The summed E-state index contributed by atoms with van der Waals surface area (Å²) in [6.07, 6.45) is 2.01. The van der Waals surface area contributed by atoms with Gasteiger partial charge in [-0.3, -0.25) is 14.6 Å². The molecule has 0 radical (unpaired) electrons. The lowest BCUT2D eigenvalue weighted by Gasteiger charge is -2.13. The molecule has 0 unspecified atom stereocenters. The summed E-state index contributed by atoms with van der Waals surface area (Å²) in [6, 6.07) is 6.76. The Hall–Kier alpha value is -1.62. The average molecular weight is 297 g/mol. The largest absolute Gasteiger partial charge is 0.524 e. The number of benzene rings is 1. The number of nitrogens with one attached hydrogen (secondary N) is 1. The van der Waals surface area contributed by atoms with Crippen LogP contribution in [-0.2, 0) is 11.0 Å². The van der Waals surface area contributed by atoms with E-state index >= 15 is 0 Å². The maximum absolute atomic E-state index is 12.1. The summed E-state index contributed by atoms with van der Waals surface area (Å²) in [5.41, 5.74) is 0.385. The van der Waals surface area contributed by atoms with Crippen LogP contribution in [0.25, 0.3) is 10.9 Å². The Bertz CT molecular complexity index is 718. The maximum atomic E-state index is 12.1. The number of unbranched alkanes of at least 4 members (excludes halogenated alkanes) is 1. The normalized spacial score (nSPS) is 11.8. The first-order valence-corrected chi connectivity index (χ1v) is 7.84. The molecule has 2 rings (SSSR count). The van der Waals surface area contributed by atoms with Gasteiger partial charge >= 0.3 is 7.82 Å². The van der Waals surface area contributed by atoms with Crippen LogP contribution in [0, 0.1) is 0 Å². The van der Waals surface area contributed by atoms with E-state index in [1.807, 2.05) is 6.92 Å². The minimum absolute atomic E-state index is 0.0221. The number of H-pyrrole nitrogens is 1. The van der Waals surface area contributed by atoms with Crippen molar-refractivity contribution < 1.29 is 18.9 Å². The van der Waals surface area contributed by atoms with E-state index in [0.717, 1.165) is 12.8 Å². The zero-order chi connectivity index (χ0) is 14.8. The van der Waals surface area contributed by atoms with E-state index in [-0.39, 0.29) is 16.9 Å². The van der Waals surface area contributed by atoms with Crippen LogP contribution in [0.2, 0.25) is 0 Å². The van der Waals surface area contributed by atoms with Crippen molar-refractivity contribution in [3.8, 4) is 5.75 Å². The molecule has 0 atom stereocenters. The number of phosphoric ester groups is 1. The number of pyridine rings is 1. The minimum Gasteiger partial charge on any atom is -0.403 e. The number of hydrogen-bond donors (Lipinski definition) is 3. The molecule has 2 aromatic rings. The van der Waals surface area contributed by atoms with Crippen LogP contribution < -0.4 is 10.1 Å². The molecule has 0 aliphatic carbocycles. The zero-order valence-corrected chi connectivity index (χ0v) is 11.9. The third-order valence-electron chi connectivity index (χ3n) is 2.96. The fourth-order valence-electron chi connectivity index (χ4n) is 2.06. The van der Waals surface area contributed by atoms with E-state index in [1.165, 1.54) is 0 Å². The van der Waals surface area contributed by atoms with Crippen molar-refractivity contribution in [3.63, 3.8) is 0 Å². The lowest BCUT2D eigenvalue weighted by Crippen LogP contribution is -2.15. The first kappa shape index (κ1) is 14.8. The average Bonchev–Trinajstić information content (AvgIpc) is 2.36. The molecule has 3 N–H and O–H groups in total. The highest BCUT2D eigenvalue weighted by Crippen LogP contribution is 2.41. The highest BCUT2D eigenvalue weighted by atomic mass is 31.2. The Kier molecular flexibility index (Phi) is 4.28. The Morgan fingerprint density at radius 2 is 2.00 bits per heavy atom. The summed E-state index contributed by atoms with van der Waals surface area (Å²) >= 11 is 0. The van der Waals surface area contributed by atoms with Crippen molar-refractivity contribution in [2.24, 2.45) is 0 Å². The first-order chi connectivity index (χ1) is 9.42. The molecule has 6 nitrogen and oxygen atoms in total. The van der Waals surface area contributed by atoms with Crippen molar-refractivity contribution in [2.45, 2.75) is 26.2 Å². The van der Waals surface area contributed by atoms with Gasteiger partial charge in [-0.2, -0.15) is 0 Å². The number of para-hydroxylation sites is 1. The zero-order valence-electron chi connectivity index (χ0n) is 11.0. The van der Waals surface area contributed by atoms with Crippen molar-refractivity contribution >= 4 is 18.7 Å². The van der Waals surface area contributed by atoms with E-state index in [0.29, 0.717) is 17.3 Å². The molecule has 20 heavy (non-hydrogen) atoms. The van der Waals surface area contributed by atoms with Gasteiger partial charge in [-0.15, -0.1) is 0 Å². The van der Waals surface area contributed by atoms with Gasteiger partial charge in [0.05, 0.1) is 11.1 Å². The molecule has 0 saturated heterocycles. The molecule has 0 bridgehead atoms. The van der Waals surface area contributed by atoms with Gasteiger partial charge in [0.1, 0.15) is 5.75 Å². The summed E-state index contributed by atoms with van der Waals surface area (Å²) in [5, 5.41) is 0.488. The topological polar surface area (TPSA) is 99.6 Å². The molecule has 0 aliphatic heterocycles. The van der Waals surface area contributed by atoms with Crippen molar-refractivity contribution in [3.05, 3.63) is 40.2 Å². The Labute approximate surface area is 115 Å². The molecule has 0 aliphatic rings. The molecule has 0 amide bonds. The van der Waals surface area contributed by atoms with Gasteiger partial charge in [0.15, 0.2) is 0 Å². The monoisotopic (exact) mass is 297 g/mol. The number of fused-ring (bicyclic) bond motifs is 1. The summed E-state index contributed by atoms with van der Waals surface area (Å²) in [7, 11) is -4.72. The highest BCUT2D eigenvalue weighted by Gasteiger charge is 2.22. The van der Waals surface area contributed by atoms with Crippen LogP contribution in [0.5, 0.6) is 5.75 Å². The van der Waals surface area contributed by atoms with Gasteiger partial charge in [-0.1, -0.05) is 25.5 Å². The van der Waals surface area contributed by atoms with Crippen LogP contribution in [0.3, 0.4) is 0 Å². The van der Waals surface area contributed by atoms with Gasteiger partial charge in [-0.25, -0.2) is 4.57 Å². The van der Waals surface area contributed by atoms with Crippen LogP contribution in [0.15, 0.2) is 29.1 Å². The third-order valence-corrected chi connectivity index (χ3v) is 3.38. The van der Waals surface area contributed by atoms with Gasteiger partial charge in [0.25, 0.3) is 5.56 Å². The van der Waals surface area contributed by atoms with E-state index in [4.69, 9.17) is 14.3 Å². The predicted molar refractivity (Wildman–Crippen MR) is 75.9 cm³/mol. The fourth-order valence-corrected chi connectivity index (χ4v) is 2.50. The molecule has 7 heteroatoms. The third kappa shape index (κ3) is 3.28. The van der Waals surface area contributed by atoms with Crippen molar-refractivity contribution in [2.75, 3.05) is 0 Å². The van der Waals surface area contributed by atoms with Gasteiger partial charge in [-0.05, 0) is 25.0 Å². The van der Waals surface area contributed by atoms with Gasteiger partial charge < -0.3 is 9.51 Å². The second-order valence-electron chi connectivity index (χ2n) is 4.49. The molecule has 0 saturated carbocycles. The van der Waals surface area contributed by atoms with Crippen molar-refractivity contribution in [1.82, 2.24) is 4.98 Å². The minimum atomic E-state index is -4.72. The van der Waals surface area contributed by atoms with Crippen LogP contribution in [-0.4, -0.2) is 14.8 Å². The van der Waals surface area contributed by atoms with E-state index in [1.54, 1.807) is 24.3 Å². The maximum Gasteiger partial charge on any atom is 0.524 e. The fraction of sp³-hybridized carbons (Fsp3) is 0.308. The predicted octanol–water partition coefficient (Wildman–Crippen LogP) is 2.34. The molecule has 0 fully saturated rings. The van der Waals surface area contributed by atoms with Crippen LogP contribution >= 0.6 is 7.82 Å². The quantitative estimate of drug-likeness (QED) is 0.736. The lowest BCUT2D eigenvalue weighted by molar-refractivity contribution is 0.283. The standard InChI is InChI=1S/C13H16NO5P/c1-2-3-6-10-12(19-20(16,17)18)9-7-4-5-8-11(9)14-13(10)15/h4-5,7-8H,2-3,6H2,1H3,(H,14,15)(H2,16,17,18).